The number of carboxylic acid groups (broad SMARTS) is 2. The van der Waals surface area contributed by atoms with Gasteiger partial charge in [0.05, 0.1) is 0 Å². The first-order valence-electron chi connectivity index (χ1n) is 7.92. The van der Waals surface area contributed by atoms with Gasteiger partial charge in [-0.25, -0.2) is 14.6 Å². The molecular weight excluding hydrogens is 308 g/mol. The summed E-state index contributed by atoms with van der Waals surface area (Å²) >= 11 is 0. The molecule has 24 heavy (non-hydrogen) atoms. The highest BCUT2D eigenvalue weighted by atomic mass is 17.2. The number of benzene rings is 2. The van der Waals surface area contributed by atoms with Gasteiger partial charge in [0.25, 0.3) is 0 Å². The summed E-state index contributed by atoms with van der Waals surface area (Å²) in [6, 6.07) is 20.4. The van der Waals surface area contributed by atoms with Crippen molar-refractivity contribution in [2.75, 3.05) is 0 Å². The molecular formula is C19H24O5. The van der Waals surface area contributed by atoms with Crippen LogP contribution < -0.4 is 0 Å². The van der Waals surface area contributed by atoms with Gasteiger partial charge in [-0.2, -0.15) is 0 Å². The van der Waals surface area contributed by atoms with Crippen LogP contribution >= 0.6 is 0 Å². The monoisotopic (exact) mass is 332 g/mol. The Balaban J connectivity index is 0.000000648. The lowest BCUT2D eigenvalue weighted by atomic mass is 10.1. The molecule has 2 atom stereocenters. The Morgan fingerprint density at radius 3 is 1.33 bits per heavy atom. The van der Waals surface area contributed by atoms with Gasteiger partial charge in [-0.3, -0.25) is 0 Å². The fourth-order valence-corrected chi connectivity index (χ4v) is 2.19. The van der Waals surface area contributed by atoms with Gasteiger partial charge in [-0.05, 0) is 24.0 Å². The van der Waals surface area contributed by atoms with Crippen LogP contribution in [0.4, 0.5) is 4.79 Å². The lowest BCUT2D eigenvalue weighted by Crippen LogP contribution is -2.09. The van der Waals surface area contributed by atoms with Gasteiger partial charge < -0.3 is 10.2 Å². The van der Waals surface area contributed by atoms with Crippen molar-refractivity contribution in [1.82, 2.24) is 0 Å². The molecule has 0 aliphatic heterocycles. The van der Waals surface area contributed by atoms with E-state index in [9.17, 15) is 0 Å². The van der Waals surface area contributed by atoms with Crippen LogP contribution in [-0.2, 0) is 9.78 Å². The highest BCUT2D eigenvalue weighted by molar-refractivity contribution is 5.53. The van der Waals surface area contributed by atoms with Crippen molar-refractivity contribution in [2.24, 2.45) is 0 Å². The van der Waals surface area contributed by atoms with Crippen molar-refractivity contribution in [3.05, 3.63) is 71.8 Å². The van der Waals surface area contributed by atoms with Gasteiger partial charge in [-0.1, -0.05) is 74.5 Å². The van der Waals surface area contributed by atoms with Gasteiger partial charge in [0.2, 0.25) is 0 Å². The molecule has 0 saturated heterocycles. The van der Waals surface area contributed by atoms with Crippen LogP contribution in [0, 0.1) is 0 Å². The van der Waals surface area contributed by atoms with Crippen molar-refractivity contribution in [3.8, 4) is 0 Å². The molecule has 2 aromatic rings. The molecule has 2 aromatic carbocycles. The van der Waals surface area contributed by atoms with E-state index >= 15 is 0 Å². The first-order valence-corrected chi connectivity index (χ1v) is 7.92. The van der Waals surface area contributed by atoms with E-state index in [4.69, 9.17) is 24.8 Å². The SMILES string of the molecule is CCC(OOC(CC)c1ccccc1)c1ccccc1.O=C(O)O. The van der Waals surface area contributed by atoms with E-state index in [2.05, 4.69) is 38.1 Å². The predicted molar refractivity (Wildman–Crippen MR) is 91.8 cm³/mol. The smallest absolute Gasteiger partial charge is 0.450 e. The summed E-state index contributed by atoms with van der Waals surface area (Å²) in [5.74, 6) is 0. The molecule has 2 N–H and O–H groups in total. The van der Waals surface area contributed by atoms with Gasteiger partial charge >= 0.3 is 6.16 Å². The first-order chi connectivity index (χ1) is 11.6. The molecule has 0 fully saturated rings. The molecule has 0 radical (unpaired) electrons. The van der Waals surface area contributed by atoms with Gasteiger partial charge in [0.15, 0.2) is 0 Å². The molecule has 0 aliphatic carbocycles. The second kappa shape index (κ2) is 11.2. The topological polar surface area (TPSA) is 76.0 Å². The molecule has 0 saturated carbocycles. The molecule has 2 rings (SSSR count). The van der Waals surface area contributed by atoms with E-state index in [1.807, 2.05) is 36.4 Å². The molecule has 0 bridgehead atoms. The highest BCUT2D eigenvalue weighted by Crippen LogP contribution is 2.27. The number of hydrogen-bond donors (Lipinski definition) is 2. The standard InChI is InChI=1S/C18H22O2.CH2O3/c1-3-17(15-11-7-5-8-12-15)19-20-18(4-2)16-13-9-6-10-14-16;2-1(3)4/h5-14,17-18H,3-4H2,1-2H3;(H2,2,3,4). The van der Waals surface area contributed by atoms with E-state index < -0.39 is 6.16 Å². The zero-order chi connectivity index (χ0) is 17.8. The number of hydrogen-bond acceptors (Lipinski definition) is 3. The minimum Gasteiger partial charge on any atom is -0.450 e. The molecule has 5 heteroatoms. The largest absolute Gasteiger partial charge is 0.503 e. The van der Waals surface area contributed by atoms with Crippen LogP contribution in [-0.4, -0.2) is 16.4 Å². The Bertz CT molecular complexity index is 519. The van der Waals surface area contributed by atoms with E-state index in [-0.39, 0.29) is 12.2 Å². The van der Waals surface area contributed by atoms with Crippen LogP contribution in [0.2, 0.25) is 0 Å². The fourth-order valence-electron chi connectivity index (χ4n) is 2.19. The molecule has 0 amide bonds. The molecule has 0 spiro atoms. The van der Waals surface area contributed by atoms with Gasteiger partial charge in [0.1, 0.15) is 12.2 Å². The zero-order valence-electron chi connectivity index (χ0n) is 14.0. The second-order valence-electron chi connectivity index (χ2n) is 5.09. The lowest BCUT2D eigenvalue weighted by Gasteiger charge is -2.20. The minimum absolute atomic E-state index is 0.0195. The third-order valence-electron chi connectivity index (χ3n) is 3.37. The maximum absolute atomic E-state index is 8.56. The molecule has 0 heterocycles. The van der Waals surface area contributed by atoms with E-state index in [0.717, 1.165) is 24.0 Å². The predicted octanol–water partition coefficient (Wildman–Crippen LogP) is 5.46. The molecule has 0 aromatic heterocycles. The van der Waals surface area contributed by atoms with Crippen LogP contribution in [0.25, 0.3) is 0 Å². The summed E-state index contributed by atoms with van der Waals surface area (Å²) in [7, 11) is 0. The maximum Gasteiger partial charge on any atom is 0.503 e. The van der Waals surface area contributed by atoms with Crippen LogP contribution in [0.5, 0.6) is 0 Å². The third-order valence-corrected chi connectivity index (χ3v) is 3.37. The zero-order valence-corrected chi connectivity index (χ0v) is 14.0. The first kappa shape index (κ1) is 19.7. The van der Waals surface area contributed by atoms with Gasteiger partial charge in [0, 0.05) is 0 Å². The number of rotatable bonds is 7. The van der Waals surface area contributed by atoms with Gasteiger partial charge in [-0.15, -0.1) is 0 Å². The summed E-state index contributed by atoms with van der Waals surface area (Å²) in [5.41, 5.74) is 2.30. The fraction of sp³-hybridized carbons (Fsp3) is 0.316. The minimum atomic E-state index is -1.83. The van der Waals surface area contributed by atoms with Crippen molar-refractivity contribution in [1.29, 1.82) is 0 Å². The Kier molecular flexibility index (Phi) is 9.19. The molecule has 0 aliphatic rings. The quantitative estimate of drug-likeness (QED) is 0.520. The van der Waals surface area contributed by atoms with Crippen molar-refractivity contribution >= 4 is 6.16 Å². The van der Waals surface area contributed by atoms with E-state index in [1.54, 1.807) is 0 Å². The summed E-state index contributed by atoms with van der Waals surface area (Å²) in [4.78, 5) is 19.9. The Morgan fingerprint density at radius 2 is 1.08 bits per heavy atom. The maximum atomic E-state index is 8.56. The lowest BCUT2D eigenvalue weighted by molar-refractivity contribution is -0.358. The Morgan fingerprint density at radius 1 is 0.792 bits per heavy atom. The summed E-state index contributed by atoms with van der Waals surface area (Å²) in [5, 5.41) is 13.9. The van der Waals surface area contributed by atoms with E-state index in [0.29, 0.717) is 0 Å². The molecule has 2 unspecified atom stereocenters. The summed E-state index contributed by atoms with van der Waals surface area (Å²) < 4.78 is 0. The van der Waals surface area contributed by atoms with Crippen LogP contribution in [0.3, 0.4) is 0 Å². The summed E-state index contributed by atoms with van der Waals surface area (Å²) in [6.07, 6.45) is -0.104. The Labute approximate surface area is 142 Å². The average Bonchev–Trinajstić information content (AvgIpc) is 2.60. The second-order valence-corrected chi connectivity index (χ2v) is 5.09. The van der Waals surface area contributed by atoms with Crippen LogP contribution in [0.15, 0.2) is 60.7 Å². The number of carbonyl (C=O) groups is 1. The Hall–Kier alpha value is -2.37. The van der Waals surface area contributed by atoms with Crippen molar-refractivity contribution < 1.29 is 24.8 Å². The highest BCUT2D eigenvalue weighted by Gasteiger charge is 2.15. The van der Waals surface area contributed by atoms with E-state index in [1.165, 1.54) is 0 Å². The van der Waals surface area contributed by atoms with Crippen molar-refractivity contribution in [2.45, 2.75) is 38.9 Å². The third kappa shape index (κ3) is 7.26. The molecule has 130 valence electrons. The van der Waals surface area contributed by atoms with Crippen LogP contribution in [0.1, 0.15) is 50.0 Å². The normalized spacial score (nSPS) is 12.6. The summed E-state index contributed by atoms with van der Waals surface area (Å²) in [6.45, 7) is 4.20. The molecule has 5 nitrogen and oxygen atoms in total. The average molecular weight is 332 g/mol. The van der Waals surface area contributed by atoms with Crippen molar-refractivity contribution in [3.63, 3.8) is 0 Å².